The van der Waals surface area contributed by atoms with Gasteiger partial charge in [-0.2, -0.15) is 0 Å². The predicted octanol–water partition coefficient (Wildman–Crippen LogP) is 2.68. The first-order chi connectivity index (χ1) is 10.5. The van der Waals surface area contributed by atoms with Gasteiger partial charge in [0.2, 0.25) is 0 Å². The van der Waals surface area contributed by atoms with Gasteiger partial charge in [-0.05, 0) is 37.0 Å². The average molecular weight is 324 g/mol. The second-order valence-electron chi connectivity index (χ2n) is 6.08. The molecule has 118 valence electrons. The lowest BCUT2D eigenvalue weighted by molar-refractivity contribution is -0.149. The zero-order valence-electron chi connectivity index (χ0n) is 12.3. The van der Waals surface area contributed by atoms with Crippen molar-refractivity contribution in [3.63, 3.8) is 0 Å². The summed E-state index contributed by atoms with van der Waals surface area (Å²) in [5.41, 5.74) is -0.392. The van der Waals surface area contributed by atoms with Crippen molar-refractivity contribution in [2.45, 2.75) is 19.3 Å². The van der Waals surface area contributed by atoms with E-state index in [0.717, 1.165) is 12.8 Å². The Hall–Kier alpha value is -1.75. The Labute approximate surface area is 133 Å². The molecule has 1 saturated heterocycles. The molecule has 1 amide bonds. The molecular weight excluding hydrogens is 306 g/mol. The van der Waals surface area contributed by atoms with Gasteiger partial charge in [0.1, 0.15) is 5.75 Å². The normalized spacial score (nSPS) is 26.8. The molecule has 1 aliphatic carbocycles. The van der Waals surface area contributed by atoms with Crippen LogP contribution in [0.5, 0.6) is 5.75 Å². The molecule has 2 aliphatic rings. The van der Waals surface area contributed by atoms with Gasteiger partial charge in [0.05, 0.1) is 18.1 Å². The molecule has 3 rings (SSSR count). The molecule has 1 aromatic rings. The van der Waals surface area contributed by atoms with Crippen molar-refractivity contribution in [1.29, 1.82) is 0 Å². The van der Waals surface area contributed by atoms with Crippen LogP contribution in [0.4, 0.5) is 0 Å². The molecule has 0 spiro atoms. The lowest BCUT2D eigenvalue weighted by Crippen LogP contribution is -2.37. The number of carboxylic acids is 1. The van der Waals surface area contributed by atoms with Crippen molar-refractivity contribution >= 4 is 23.5 Å². The summed E-state index contributed by atoms with van der Waals surface area (Å²) in [6.07, 6.45) is 2.42. The maximum Gasteiger partial charge on any atom is 0.311 e. The summed E-state index contributed by atoms with van der Waals surface area (Å²) in [5, 5.41) is 10.1. The number of likely N-dealkylation sites (tertiary alicyclic amines) is 1. The number of carbonyl (C=O) groups excluding carboxylic acids is 1. The Kier molecular flexibility index (Phi) is 3.77. The number of hydrogen-bond donors (Lipinski definition) is 1. The average Bonchev–Trinajstić information content (AvgIpc) is 3.04. The third-order valence-corrected chi connectivity index (χ3v) is 5.21. The van der Waals surface area contributed by atoms with Crippen LogP contribution in [-0.2, 0) is 4.79 Å². The van der Waals surface area contributed by atoms with Crippen molar-refractivity contribution in [3.05, 3.63) is 28.8 Å². The molecule has 1 N–H and O–H groups in total. The first-order valence-electron chi connectivity index (χ1n) is 7.34. The van der Waals surface area contributed by atoms with Gasteiger partial charge < -0.3 is 14.7 Å². The second-order valence-corrected chi connectivity index (χ2v) is 6.52. The molecule has 2 atom stereocenters. The topological polar surface area (TPSA) is 66.8 Å². The van der Waals surface area contributed by atoms with Crippen molar-refractivity contribution in [2.24, 2.45) is 11.3 Å². The van der Waals surface area contributed by atoms with Gasteiger partial charge in [0.15, 0.2) is 0 Å². The van der Waals surface area contributed by atoms with Gasteiger partial charge in [-0.25, -0.2) is 0 Å². The molecule has 0 aromatic heterocycles. The Morgan fingerprint density at radius 3 is 2.86 bits per heavy atom. The van der Waals surface area contributed by atoms with E-state index in [2.05, 4.69) is 0 Å². The third-order valence-electron chi connectivity index (χ3n) is 4.98. The molecule has 6 heteroatoms. The molecule has 0 radical (unpaired) electrons. The van der Waals surface area contributed by atoms with Gasteiger partial charge in [-0.15, -0.1) is 0 Å². The standard InChI is InChI=1S/C16H18ClNO4/c1-22-13-5-4-11(17)7-12(13)14(19)18-8-10-3-2-6-16(10,9-18)15(20)21/h4-5,7,10H,2-3,6,8-9H2,1H3,(H,20,21)/t10-,16+/m0/s1. The molecular formula is C16H18ClNO4. The van der Waals surface area contributed by atoms with Crippen LogP contribution in [0.1, 0.15) is 29.6 Å². The number of halogens is 1. The van der Waals surface area contributed by atoms with Crippen LogP contribution in [0.15, 0.2) is 18.2 Å². The highest BCUT2D eigenvalue weighted by Crippen LogP contribution is 2.49. The van der Waals surface area contributed by atoms with Gasteiger partial charge in [0.25, 0.3) is 5.91 Å². The maximum atomic E-state index is 12.8. The molecule has 0 bridgehead atoms. The number of fused-ring (bicyclic) bond motifs is 1. The van der Waals surface area contributed by atoms with E-state index in [-0.39, 0.29) is 18.4 Å². The number of amides is 1. The fraction of sp³-hybridized carbons (Fsp3) is 0.500. The summed E-state index contributed by atoms with van der Waals surface area (Å²) in [6, 6.07) is 4.89. The summed E-state index contributed by atoms with van der Waals surface area (Å²) in [6.45, 7) is 0.752. The minimum absolute atomic E-state index is 0.0409. The quantitative estimate of drug-likeness (QED) is 0.928. The highest BCUT2D eigenvalue weighted by Gasteiger charge is 2.55. The number of carboxylic acid groups (broad SMARTS) is 1. The smallest absolute Gasteiger partial charge is 0.311 e. The van der Waals surface area contributed by atoms with E-state index in [1.165, 1.54) is 7.11 Å². The number of carbonyl (C=O) groups is 2. The van der Waals surface area contributed by atoms with Gasteiger partial charge >= 0.3 is 5.97 Å². The van der Waals surface area contributed by atoms with Crippen LogP contribution in [0.2, 0.25) is 5.02 Å². The summed E-state index contributed by atoms with van der Waals surface area (Å²) in [5.74, 6) is -0.507. The van der Waals surface area contributed by atoms with E-state index in [1.807, 2.05) is 0 Å². The Morgan fingerprint density at radius 2 is 2.23 bits per heavy atom. The van der Waals surface area contributed by atoms with Gasteiger partial charge in [-0.3, -0.25) is 9.59 Å². The Bertz CT molecular complexity index is 633. The number of nitrogens with zero attached hydrogens (tertiary/aromatic N) is 1. The molecule has 1 heterocycles. The number of aliphatic carboxylic acids is 1. The third kappa shape index (κ3) is 2.24. The number of ether oxygens (including phenoxy) is 1. The lowest BCUT2D eigenvalue weighted by Gasteiger charge is -2.23. The van der Waals surface area contributed by atoms with Crippen molar-refractivity contribution < 1.29 is 19.4 Å². The lowest BCUT2D eigenvalue weighted by atomic mass is 9.81. The minimum Gasteiger partial charge on any atom is -0.496 e. The van der Waals surface area contributed by atoms with Crippen molar-refractivity contribution in [1.82, 2.24) is 4.90 Å². The SMILES string of the molecule is COc1ccc(Cl)cc1C(=O)N1C[C@@H]2CCC[C@@]2(C(=O)O)C1. The zero-order chi connectivity index (χ0) is 15.9. The number of hydrogen-bond acceptors (Lipinski definition) is 3. The van der Waals surface area contributed by atoms with Crippen LogP contribution < -0.4 is 4.74 Å². The molecule has 5 nitrogen and oxygen atoms in total. The summed E-state index contributed by atoms with van der Waals surface area (Å²) in [7, 11) is 1.50. The summed E-state index contributed by atoms with van der Waals surface area (Å²) >= 11 is 5.98. The monoisotopic (exact) mass is 323 g/mol. The Balaban J connectivity index is 1.89. The van der Waals surface area contributed by atoms with Crippen LogP contribution in [0, 0.1) is 11.3 Å². The minimum atomic E-state index is -0.789. The summed E-state index contributed by atoms with van der Waals surface area (Å²) in [4.78, 5) is 26.1. The molecule has 22 heavy (non-hydrogen) atoms. The number of benzene rings is 1. The molecule has 1 aliphatic heterocycles. The highest BCUT2D eigenvalue weighted by molar-refractivity contribution is 6.31. The van der Waals surface area contributed by atoms with Crippen molar-refractivity contribution in [2.75, 3.05) is 20.2 Å². The van der Waals surface area contributed by atoms with E-state index in [4.69, 9.17) is 16.3 Å². The van der Waals surface area contributed by atoms with E-state index in [1.54, 1.807) is 23.1 Å². The van der Waals surface area contributed by atoms with Crippen LogP contribution >= 0.6 is 11.6 Å². The van der Waals surface area contributed by atoms with Crippen LogP contribution in [-0.4, -0.2) is 42.1 Å². The van der Waals surface area contributed by atoms with Crippen LogP contribution in [0.3, 0.4) is 0 Å². The van der Waals surface area contributed by atoms with Crippen molar-refractivity contribution in [3.8, 4) is 5.75 Å². The van der Waals surface area contributed by atoms with Crippen LogP contribution in [0.25, 0.3) is 0 Å². The van der Waals surface area contributed by atoms with E-state index >= 15 is 0 Å². The molecule has 0 unspecified atom stereocenters. The van der Waals surface area contributed by atoms with E-state index in [9.17, 15) is 14.7 Å². The summed E-state index contributed by atoms with van der Waals surface area (Å²) < 4.78 is 5.23. The first-order valence-corrected chi connectivity index (χ1v) is 7.72. The first kappa shape index (κ1) is 15.2. The maximum absolute atomic E-state index is 12.8. The second kappa shape index (κ2) is 5.47. The van der Waals surface area contributed by atoms with E-state index in [0.29, 0.717) is 29.3 Å². The van der Waals surface area contributed by atoms with Gasteiger partial charge in [0, 0.05) is 18.1 Å². The zero-order valence-corrected chi connectivity index (χ0v) is 13.1. The number of methoxy groups -OCH3 is 1. The molecule has 1 saturated carbocycles. The number of rotatable bonds is 3. The largest absolute Gasteiger partial charge is 0.496 e. The highest BCUT2D eigenvalue weighted by atomic mass is 35.5. The van der Waals surface area contributed by atoms with Gasteiger partial charge in [-0.1, -0.05) is 18.0 Å². The molecule has 1 aromatic carbocycles. The van der Waals surface area contributed by atoms with E-state index < -0.39 is 11.4 Å². The molecule has 2 fully saturated rings. The fourth-order valence-corrected chi connectivity index (χ4v) is 3.98. The fourth-order valence-electron chi connectivity index (χ4n) is 3.81. The predicted molar refractivity (Wildman–Crippen MR) is 81.3 cm³/mol. The Morgan fingerprint density at radius 1 is 1.45 bits per heavy atom.